The maximum Gasteiger partial charge on any atom is 0.416 e. The second-order valence-corrected chi connectivity index (χ2v) is 6.73. The molecule has 0 amide bonds. The van der Waals surface area contributed by atoms with E-state index in [1.807, 2.05) is 0 Å². The molecule has 0 unspecified atom stereocenters. The topological polar surface area (TPSA) is 24.5 Å². The first-order chi connectivity index (χ1) is 12.5. The summed E-state index contributed by atoms with van der Waals surface area (Å²) >= 11 is 0. The largest absolute Gasteiger partial charge is 0.416 e. The Bertz CT molecular complexity index is 781. The number of hydrogen-bond acceptors (Lipinski definition) is 3. The molecule has 0 aromatic heterocycles. The van der Waals surface area contributed by atoms with Crippen LogP contribution in [0.25, 0.3) is 11.1 Å². The second-order valence-electron chi connectivity index (χ2n) is 6.73. The van der Waals surface area contributed by atoms with Crippen molar-refractivity contribution in [2.75, 3.05) is 37.7 Å². The fourth-order valence-electron chi connectivity index (χ4n) is 3.71. The molecular formula is C20H21F3N2O. The molecule has 0 atom stereocenters. The number of nitrogens with zero attached hydrogens (tertiary/aromatic N) is 1. The minimum absolute atomic E-state index is 0.610. The minimum atomic E-state index is -4.31. The monoisotopic (exact) mass is 362 g/mol. The summed E-state index contributed by atoms with van der Waals surface area (Å²) in [4.78, 5) is 2.28. The molecule has 6 heteroatoms. The van der Waals surface area contributed by atoms with Crippen molar-refractivity contribution in [1.82, 2.24) is 5.32 Å². The van der Waals surface area contributed by atoms with Crippen molar-refractivity contribution in [3.05, 3.63) is 53.1 Å². The molecule has 0 bridgehead atoms. The van der Waals surface area contributed by atoms with E-state index in [9.17, 15) is 13.2 Å². The van der Waals surface area contributed by atoms with Crippen LogP contribution in [-0.2, 0) is 23.9 Å². The SMILES string of the molecule is FC(F)(F)c1ccc(-c2cc(N3CCOCC3)cc3c2CCNC3)cc1. The number of rotatable bonds is 2. The third kappa shape index (κ3) is 3.44. The van der Waals surface area contributed by atoms with Crippen LogP contribution in [0.2, 0.25) is 0 Å². The van der Waals surface area contributed by atoms with Crippen LogP contribution in [0, 0.1) is 0 Å². The van der Waals surface area contributed by atoms with Gasteiger partial charge in [-0.05, 0) is 59.5 Å². The molecule has 2 aromatic carbocycles. The standard InChI is InChI=1S/C20H21F3N2O/c21-20(22,23)16-3-1-14(2-4-16)19-12-17(25-7-9-26-10-8-25)11-15-13-24-6-5-18(15)19/h1-4,11-12,24H,5-10,13H2. The number of fused-ring (bicyclic) bond motifs is 1. The van der Waals surface area contributed by atoms with Gasteiger partial charge in [-0.2, -0.15) is 13.2 Å². The lowest BCUT2D eigenvalue weighted by molar-refractivity contribution is -0.137. The summed E-state index contributed by atoms with van der Waals surface area (Å²) in [5.41, 5.74) is 4.85. The fraction of sp³-hybridized carbons (Fsp3) is 0.400. The van der Waals surface area contributed by atoms with Gasteiger partial charge in [0, 0.05) is 25.3 Å². The van der Waals surface area contributed by atoms with Crippen molar-refractivity contribution in [3.63, 3.8) is 0 Å². The predicted molar refractivity (Wildman–Crippen MR) is 95.3 cm³/mol. The smallest absolute Gasteiger partial charge is 0.378 e. The molecule has 1 fully saturated rings. The molecule has 2 aliphatic rings. The Morgan fingerprint density at radius 2 is 1.73 bits per heavy atom. The first kappa shape index (κ1) is 17.4. The molecule has 0 radical (unpaired) electrons. The van der Waals surface area contributed by atoms with Gasteiger partial charge in [-0.15, -0.1) is 0 Å². The predicted octanol–water partition coefficient (Wildman–Crippen LogP) is 3.85. The lowest BCUT2D eigenvalue weighted by atomic mass is 9.90. The summed E-state index contributed by atoms with van der Waals surface area (Å²) in [7, 11) is 0. The van der Waals surface area contributed by atoms with Crippen LogP contribution < -0.4 is 10.2 Å². The van der Waals surface area contributed by atoms with Crippen LogP contribution in [0.4, 0.5) is 18.9 Å². The highest BCUT2D eigenvalue weighted by molar-refractivity contribution is 5.74. The number of benzene rings is 2. The van der Waals surface area contributed by atoms with Crippen LogP contribution in [-0.4, -0.2) is 32.8 Å². The van der Waals surface area contributed by atoms with E-state index in [-0.39, 0.29) is 0 Å². The van der Waals surface area contributed by atoms with E-state index in [2.05, 4.69) is 22.3 Å². The van der Waals surface area contributed by atoms with Crippen LogP contribution in [0.3, 0.4) is 0 Å². The average Bonchev–Trinajstić information content (AvgIpc) is 2.67. The molecule has 138 valence electrons. The highest BCUT2D eigenvalue weighted by Gasteiger charge is 2.30. The van der Waals surface area contributed by atoms with Crippen LogP contribution in [0.15, 0.2) is 36.4 Å². The zero-order valence-corrected chi connectivity index (χ0v) is 14.4. The quantitative estimate of drug-likeness (QED) is 0.878. The third-order valence-electron chi connectivity index (χ3n) is 5.09. The van der Waals surface area contributed by atoms with Crippen LogP contribution in [0.1, 0.15) is 16.7 Å². The maximum atomic E-state index is 12.9. The molecular weight excluding hydrogens is 341 g/mol. The molecule has 26 heavy (non-hydrogen) atoms. The number of nitrogens with one attached hydrogen (secondary N) is 1. The van der Waals surface area contributed by atoms with E-state index in [1.54, 1.807) is 12.1 Å². The van der Waals surface area contributed by atoms with Gasteiger partial charge in [0.1, 0.15) is 0 Å². The Kier molecular flexibility index (Phi) is 4.63. The van der Waals surface area contributed by atoms with E-state index >= 15 is 0 Å². The Balaban J connectivity index is 1.76. The van der Waals surface area contributed by atoms with Crippen LogP contribution in [0.5, 0.6) is 0 Å². The molecule has 1 saturated heterocycles. The number of hydrogen-bond donors (Lipinski definition) is 1. The Labute approximate surface area is 150 Å². The van der Waals surface area contributed by atoms with E-state index in [1.165, 1.54) is 23.3 Å². The van der Waals surface area contributed by atoms with Crippen molar-refractivity contribution >= 4 is 5.69 Å². The minimum Gasteiger partial charge on any atom is -0.378 e. The molecule has 1 N–H and O–H groups in total. The van der Waals surface area contributed by atoms with Crippen molar-refractivity contribution in [2.24, 2.45) is 0 Å². The van der Waals surface area contributed by atoms with Gasteiger partial charge in [0.2, 0.25) is 0 Å². The van der Waals surface area contributed by atoms with Gasteiger partial charge in [-0.3, -0.25) is 0 Å². The van der Waals surface area contributed by atoms with Gasteiger partial charge in [-0.1, -0.05) is 12.1 Å². The van der Waals surface area contributed by atoms with E-state index < -0.39 is 11.7 Å². The third-order valence-corrected chi connectivity index (χ3v) is 5.09. The summed E-state index contributed by atoms with van der Waals surface area (Å²) in [6.45, 7) is 4.74. The van der Waals surface area contributed by atoms with E-state index in [4.69, 9.17) is 4.74 Å². The average molecular weight is 362 g/mol. The first-order valence-corrected chi connectivity index (χ1v) is 8.89. The lowest BCUT2D eigenvalue weighted by Crippen LogP contribution is -2.36. The molecule has 2 aliphatic heterocycles. The molecule has 4 rings (SSSR count). The number of alkyl halides is 3. The van der Waals surface area contributed by atoms with Gasteiger partial charge in [0.05, 0.1) is 18.8 Å². The molecule has 0 saturated carbocycles. The van der Waals surface area contributed by atoms with Crippen molar-refractivity contribution < 1.29 is 17.9 Å². The fourth-order valence-corrected chi connectivity index (χ4v) is 3.71. The van der Waals surface area contributed by atoms with Crippen molar-refractivity contribution in [1.29, 1.82) is 0 Å². The Hall–Kier alpha value is -2.05. The first-order valence-electron chi connectivity index (χ1n) is 8.89. The molecule has 3 nitrogen and oxygen atoms in total. The summed E-state index contributed by atoms with van der Waals surface area (Å²) in [5, 5.41) is 3.39. The van der Waals surface area contributed by atoms with Gasteiger partial charge in [-0.25, -0.2) is 0 Å². The Morgan fingerprint density at radius 1 is 1.00 bits per heavy atom. The molecule has 2 heterocycles. The Morgan fingerprint density at radius 3 is 2.42 bits per heavy atom. The van der Waals surface area contributed by atoms with Gasteiger partial charge in [0.25, 0.3) is 0 Å². The van der Waals surface area contributed by atoms with E-state index in [0.29, 0.717) is 13.2 Å². The maximum absolute atomic E-state index is 12.9. The number of halogens is 3. The van der Waals surface area contributed by atoms with Gasteiger partial charge in [0.15, 0.2) is 0 Å². The van der Waals surface area contributed by atoms with E-state index in [0.717, 1.165) is 49.4 Å². The van der Waals surface area contributed by atoms with Crippen LogP contribution >= 0.6 is 0 Å². The highest BCUT2D eigenvalue weighted by Crippen LogP contribution is 2.36. The molecule has 0 aliphatic carbocycles. The zero-order chi connectivity index (χ0) is 18.1. The summed E-state index contributed by atoms with van der Waals surface area (Å²) in [6.07, 6.45) is -3.42. The molecule has 0 spiro atoms. The number of anilines is 1. The summed E-state index contributed by atoms with van der Waals surface area (Å²) < 4.78 is 44.1. The number of morpholine rings is 1. The van der Waals surface area contributed by atoms with Gasteiger partial charge >= 0.3 is 6.18 Å². The normalized spacial score (nSPS) is 17.9. The van der Waals surface area contributed by atoms with Crippen molar-refractivity contribution in [3.8, 4) is 11.1 Å². The highest BCUT2D eigenvalue weighted by atomic mass is 19.4. The number of ether oxygens (including phenoxy) is 1. The molecule has 2 aromatic rings. The zero-order valence-electron chi connectivity index (χ0n) is 14.4. The van der Waals surface area contributed by atoms with Crippen molar-refractivity contribution in [2.45, 2.75) is 19.1 Å². The summed E-state index contributed by atoms with van der Waals surface area (Å²) in [5.74, 6) is 0. The second kappa shape index (κ2) is 6.93. The lowest BCUT2D eigenvalue weighted by Gasteiger charge is -2.31. The summed E-state index contributed by atoms with van der Waals surface area (Å²) in [6, 6.07) is 9.85. The van der Waals surface area contributed by atoms with Gasteiger partial charge < -0.3 is 15.0 Å².